The second-order valence-corrected chi connectivity index (χ2v) is 4.84. The van der Waals surface area contributed by atoms with Crippen LogP contribution in [0.2, 0.25) is 0 Å². The quantitative estimate of drug-likeness (QED) is 0.857. The fourth-order valence-corrected chi connectivity index (χ4v) is 2.04. The van der Waals surface area contributed by atoms with Gasteiger partial charge in [0.2, 0.25) is 0 Å². The van der Waals surface area contributed by atoms with Crippen molar-refractivity contribution in [2.24, 2.45) is 0 Å². The molecule has 23 heavy (non-hydrogen) atoms. The number of hydrogen-bond acceptors (Lipinski definition) is 4. The van der Waals surface area contributed by atoms with Gasteiger partial charge in [0.05, 0.1) is 25.9 Å². The minimum atomic E-state index is -0.897. The first kappa shape index (κ1) is 16.8. The van der Waals surface area contributed by atoms with Crippen molar-refractivity contribution >= 4 is 5.91 Å². The zero-order valence-corrected chi connectivity index (χ0v) is 12.9. The van der Waals surface area contributed by atoms with Gasteiger partial charge in [-0.1, -0.05) is 12.1 Å². The Morgan fingerprint density at radius 2 is 1.74 bits per heavy atom. The summed E-state index contributed by atoms with van der Waals surface area (Å²) in [7, 11) is 2.97. The third-order valence-electron chi connectivity index (χ3n) is 3.38. The first-order valence-corrected chi connectivity index (χ1v) is 6.99. The first-order valence-electron chi connectivity index (χ1n) is 6.99. The van der Waals surface area contributed by atoms with Gasteiger partial charge in [0.1, 0.15) is 17.3 Å². The molecule has 0 saturated heterocycles. The Labute approximate surface area is 133 Å². The van der Waals surface area contributed by atoms with Crippen LogP contribution in [-0.4, -0.2) is 31.8 Å². The highest BCUT2D eigenvalue weighted by Gasteiger charge is 2.15. The molecule has 0 heterocycles. The van der Waals surface area contributed by atoms with Crippen LogP contribution in [0.1, 0.15) is 22.0 Å². The molecule has 5 nitrogen and oxygen atoms in total. The molecule has 0 fully saturated rings. The van der Waals surface area contributed by atoms with Gasteiger partial charge in [0.25, 0.3) is 5.91 Å². The highest BCUT2D eigenvalue weighted by molar-refractivity contribution is 5.94. The van der Waals surface area contributed by atoms with Gasteiger partial charge in [-0.25, -0.2) is 4.39 Å². The van der Waals surface area contributed by atoms with Gasteiger partial charge >= 0.3 is 0 Å². The molecule has 0 saturated carbocycles. The minimum absolute atomic E-state index is 0.0311. The van der Waals surface area contributed by atoms with Crippen LogP contribution < -0.4 is 14.8 Å². The molecular formula is C17H18FNO4. The number of benzene rings is 2. The van der Waals surface area contributed by atoms with E-state index in [0.717, 1.165) is 6.07 Å². The van der Waals surface area contributed by atoms with Crippen molar-refractivity contribution in [3.63, 3.8) is 0 Å². The minimum Gasteiger partial charge on any atom is -0.497 e. The van der Waals surface area contributed by atoms with Crippen LogP contribution in [0.25, 0.3) is 0 Å². The summed E-state index contributed by atoms with van der Waals surface area (Å²) in [5.41, 5.74) is 0.522. The first-order chi connectivity index (χ1) is 11.0. The second kappa shape index (κ2) is 7.60. The number of aliphatic hydroxyl groups excluding tert-OH is 1. The van der Waals surface area contributed by atoms with Crippen molar-refractivity contribution in [2.45, 2.75) is 6.10 Å². The predicted molar refractivity (Wildman–Crippen MR) is 83.2 cm³/mol. The molecule has 0 aliphatic heterocycles. The topological polar surface area (TPSA) is 67.8 Å². The molecule has 2 aromatic carbocycles. The maximum atomic E-state index is 13.8. The van der Waals surface area contributed by atoms with Gasteiger partial charge in [0, 0.05) is 12.6 Å². The standard InChI is InChI=1S/C17H18FNO4/c1-22-12-5-3-11(4-6-12)16(20)10-19-17(21)14-8-7-13(23-2)9-15(14)18/h3-9,16,20H,10H2,1-2H3,(H,19,21). The molecule has 2 N–H and O–H groups in total. The molecule has 1 unspecified atom stereocenters. The number of aliphatic hydroxyl groups is 1. The lowest BCUT2D eigenvalue weighted by molar-refractivity contribution is 0.0912. The van der Waals surface area contributed by atoms with Gasteiger partial charge in [-0.3, -0.25) is 4.79 Å². The summed E-state index contributed by atoms with van der Waals surface area (Å²) in [6, 6.07) is 10.8. The predicted octanol–water partition coefficient (Wildman–Crippen LogP) is 2.31. The number of carbonyl (C=O) groups excluding carboxylic acids is 1. The summed E-state index contributed by atoms with van der Waals surface area (Å²) in [5, 5.41) is 12.6. The van der Waals surface area contributed by atoms with Crippen molar-refractivity contribution in [1.82, 2.24) is 5.32 Å². The van der Waals surface area contributed by atoms with Crippen LogP contribution in [0.4, 0.5) is 4.39 Å². The summed E-state index contributed by atoms with van der Waals surface area (Å²) in [6.07, 6.45) is -0.897. The Hall–Kier alpha value is -2.60. The molecule has 0 bridgehead atoms. The van der Waals surface area contributed by atoms with E-state index in [1.54, 1.807) is 31.4 Å². The van der Waals surface area contributed by atoms with Crippen molar-refractivity contribution in [1.29, 1.82) is 0 Å². The maximum Gasteiger partial charge on any atom is 0.254 e. The van der Waals surface area contributed by atoms with E-state index in [2.05, 4.69) is 5.32 Å². The number of nitrogens with one attached hydrogen (secondary N) is 1. The van der Waals surface area contributed by atoms with Crippen molar-refractivity contribution in [3.05, 3.63) is 59.4 Å². The van der Waals surface area contributed by atoms with Crippen LogP contribution in [0.3, 0.4) is 0 Å². The summed E-state index contributed by atoms with van der Waals surface area (Å²) in [5.74, 6) is -0.277. The van der Waals surface area contributed by atoms with E-state index in [9.17, 15) is 14.3 Å². The number of carbonyl (C=O) groups is 1. The zero-order valence-electron chi connectivity index (χ0n) is 12.9. The van der Waals surface area contributed by atoms with Gasteiger partial charge in [-0.2, -0.15) is 0 Å². The average molecular weight is 319 g/mol. The average Bonchev–Trinajstić information content (AvgIpc) is 2.59. The lowest BCUT2D eigenvalue weighted by Crippen LogP contribution is -2.29. The highest BCUT2D eigenvalue weighted by Crippen LogP contribution is 2.18. The summed E-state index contributed by atoms with van der Waals surface area (Å²) in [6.45, 7) is -0.0311. The van der Waals surface area contributed by atoms with Gasteiger partial charge < -0.3 is 19.9 Å². The molecule has 122 valence electrons. The van der Waals surface area contributed by atoms with Gasteiger partial charge in [-0.15, -0.1) is 0 Å². The van der Waals surface area contributed by atoms with Crippen LogP contribution in [0.15, 0.2) is 42.5 Å². The normalized spacial score (nSPS) is 11.7. The van der Waals surface area contributed by atoms with Crippen molar-refractivity contribution < 1.29 is 23.8 Å². The molecule has 0 spiro atoms. The zero-order chi connectivity index (χ0) is 16.8. The van der Waals surface area contributed by atoms with E-state index in [-0.39, 0.29) is 12.1 Å². The third kappa shape index (κ3) is 4.20. The van der Waals surface area contributed by atoms with Crippen molar-refractivity contribution in [2.75, 3.05) is 20.8 Å². The number of rotatable bonds is 6. The summed E-state index contributed by atoms with van der Waals surface area (Å²) >= 11 is 0. The van der Waals surface area contributed by atoms with Crippen LogP contribution in [0.5, 0.6) is 11.5 Å². The second-order valence-electron chi connectivity index (χ2n) is 4.84. The monoisotopic (exact) mass is 319 g/mol. The summed E-state index contributed by atoms with van der Waals surface area (Å²) < 4.78 is 23.7. The summed E-state index contributed by atoms with van der Waals surface area (Å²) in [4.78, 5) is 12.0. The molecule has 2 rings (SSSR count). The third-order valence-corrected chi connectivity index (χ3v) is 3.38. The molecule has 1 amide bonds. The number of hydrogen-bond donors (Lipinski definition) is 2. The fourth-order valence-electron chi connectivity index (χ4n) is 2.04. The van der Waals surface area contributed by atoms with Crippen LogP contribution in [-0.2, 0) is 0 Å². The number of amides is 1. The Morgan fingerprint density at radius 3 is 2.30 bits per heavy atom. The number of ether oxygens (including phenoxy) is 2. The number of methoxy groups -OCH3 is 2. The Bertz CT molecular complexity index is 673. The van der Waals surface area contributed by atoms with Crippen LogP contribution >= 0.6 is 0 Å². The van der Waals surface area contributed by atoms with E-state index in [1.165, 1.54) is 19.2 Å². The van der Waals surface area contributed by atoms with E-state index < -0.39 is 17.8 Å². The maximum absolute atomic E-state index is 13.8. The lowest BCUT2D eigenvalue weighted by atomic mass is 10.1. The SMILES string of the molecule is COc1ccc(C(O)CNC(=O)c2ccc(OC)cc2F)cc1. The molecule has 0 aliphatic carbocycles. The van der Waals surface area contributed by atoms with Crippen LogP contribution in [0, 0.1) is 5.82 Å². The molecule has 1 atom stereocenters. The number of halogens is 1. The van der Waals surface area contributed by atoms with E-state index in [0.29, 0.717) is 17.1 Å². The molecular weight excluding hydrogens is 301 g/mol. The molecule has 6 heteroatoms. The highest BCUT2D eigenvalue weighted by atomic mass is 19.1. The van der Waals surface area contributed by atoms with E-state index in [1.807, 2.05) is 0 Å². The molecule has 0 radical (unpaired) electrons. The van der Waals surface area contributed by atoms with Gasteiger partial charge in [-0.05, 0) is 29.8 Å². The smallest absolute Gasteiger partial charge is 0.254 e. The molecule has 0 aromatic heterocycles. The molecule has 0 aliphatic rings. The Morgan fingerprint density at radius 1 is 1.13 bits per heavy atom. The fraction of sp³-hybridized carbons (Fsp3) is 0.235. The van der Waals surface area contributed by atoms with E-state index in [4.69, 9.17) is 9.47 Å². The Kier molecular flexibility index (Phi) is 5.54. The lowest BCUT2D eigenvalue weighted by Gasteiger charge is -2.13. The van der Waals surface area contributed by atoms with E-state index >= 15 is 0 Å². The Balaban J connectivity index is 1.97. The van der Waals surface area contributed by atoms with Gasteiger partial charge in [0.15, 0.2) is 0 Å². The largest absolute Gasteiger partial charge is 0.497 e. The van der Waals surface area contributed by atoms with Crippen molar-refractivity contribution in [3.8, 4) is 11.5 Å². The molecule has 2 aromatic rings.